The first kappa shape index (κ1) is 10.6. The molecule has 0 amide bonds. The number of hydrogen-bond acceptors (Lipinski definition) is 2. The van der Waals surface area contributed by atoms with Crippen molar-refractivity contribution in [2.24, 2.45) is 0 Å². The lowest BCUT2D eigenvalue weighted by atomic mass is 10.3. The van der Waals surface area contributed by atoms with E-state index in [1.54, 1.807) is 0 Å². The predicted molar refractivity (Wildman–Crippen MR) is 47.2 cm³/mol. The van der Waals surface area contributed by atoms with E-state index in [9.17, 15) is 17.2 Å². The quantitative estimate of drug-likeness (QED) is 0.784. The molecule has 0 aliphatic rings. The highest BCUT2D eigenvalue weighted by Crippen LogP contribution is 2.22. The number of hydrogen-bond donors (Lipinski definition) is 0. The van der Waals surface area contributed by atoms with E-state index in [2.05, 4.69) is 15.9 Å². The van der Waals surface area contributed by atoms with Gasteiger partial charge >= 0.3 is 0 Å². The summed E-state index contributed by atoms with van der Waals surface area (Å²) < 4.78 is 47.9. The molecule has 0 atom stereocenters. The SMILES string of the molecule is CS(=O)(=O)c1c(F)cc(Br)cc1F. The van der Waals surface area contributed by atoms with Gasteiger partial charge in [-0.1, -0.05) is 15.9 Å². The highest BCUT2D eigenvalue weighted by atomic mass is 79.9. The number of sulfone groups is 1. The van der Waals surface area contributed by atoms with Crippen molar-refractivity contribution in [1.82, 2.24) is 0 Å². The fourth-order valence-electron chi connectivity index (χ4n) is 0.883. The molecule has 0 aliphatic carbocycles. The van der Waals surface area contributed by atoms with Crippen molar-refractivity contribution >= 4 is 25.8 Å². The van der Waals surface area contributed by atoms with E-state index >= 15 is 0 Å². The van der Waals surface area contributed by atoms with Crippen LogP contribution in [0.1, 0.15) is 0 Å². The Bertz CT molecular complexity index is 419. The summed E-state index contributed by atoms with van der Waals surface area (Å²) in [5, 5.41) is 0. The molecule has 0 bridgehead atoms. The molecule has 0 spiro atoms. The van der Waals surface area contributed by atoms with Gasteiger partial charge in [-0.15, -0.1) is 0 Å². The van der Waals surface area contributed by atoms with Crippen LogP contribution in [-0.4, -0.2) is 14.7 Å². The molecular weight excluding hydrogens is 266 g/mol. The van der Waals surface area contributed by atoms with Crippen molar-refractivity contribution in [3.05, 3.63) is 28.2 Å². The van der Waals surface area contributed by atoms with Gasteiger partial charge in [-0.3, -0.25) is 0 Å². The summed E-state index contributed by atoms with van der Waals surface area (Å²) in [5.74, 6) is -2.18. The Kier molecular flexibility index (Phi) is 2.72. The Hall–Kier alpha value is -0.490. The molecule has 0 saturated carbocycles. The molecule has 1 rings (SSSR count). The van der Waals surface area contributed by atoms with Gasteiger partial charge in [0.2, 0.25) is 0 Å². The second kappa shape index (κ2) is 3.34. The van der Waals surface area contributed by atoms with Gasteiger partial charge in [0.05, 0.1) is 0 Å². The first-order valence-electron chi connectivity index (χ1n) is 3.17. The zero-order valence-electron chi connectivity index (χ0n) is 6.51. The van der Waals surface area contributed by atoms with E-state index in [1.807, 2.05) is 0 Å². The van der Waals surface area contributed by atoms with Crippen LogP contribution in [0.15, 0.2) is 21.5 Å². The molecule has 0 aromatic heterocycles. The summed E-state index contributed by atoms with van der Waals surface area (Å²) in [7, 11) is -3.85. The molecule has 1 aromatic carbocycles. The van der Waals surface area contributed by atoms with E-state index in [4.69, 9.17) is 0 Å². The molecule has 0 aliphatic heterocycles. The summed E-state index contributed by atoms with van der Waals surface area (Å²) in [4.78, 5) is -0.893. The molecule has 0 radical (unpaired) electrons. The standard InChI is InChI=1S/C7H5BrF2O2S/c1-13(11,12)7-5(9)2-4(8)3-6(7)10/h2-3H,1H3. The molecule has 0 saturated heterocycles. The average molecular weight is 271 g/mol. The zero-order valence-corrected chi connectivity index (χ0v) is 8.92. The Morgan fingerprint density at radius 3 is 1.92 bits per heavy atom. The van der Waals surface area contributed by atoms with Gasteiger partial charge in [0.25, 0.3) is 0 Å². The first-order valence-corrected chi connectivity index (χ1v) is 5.85. The molecule has 0 N–H and O–H groups in total. The number of benzene rings is 1. The smallest absolute Gasteiger partial charge is 0.181 e. The van der Waals surface area contributed by atoms with Crippen LogP contribution >= 0.6 is 15.9 Å². The second-order valence-electron chi connectivity index (χ2n) is 2.47. The van der Waals surface area contributed by atoms with Crippen LogP contribution in [0.2, 0.25) is 0 Å². The highest BCUT2D eigenvalue weighted by molar-refractivity contribution is 9.10. The van der Waals surface area contributed by atoms with Gasteiger partial charge in [-0.25, -0.2) is 17.2 Å². The lowest BCUT2D eigenvalue weighted by Gasteiger charge is -2.02. The van der Waals surface area contributed by atoms with Gasteiger partial charge in [0.1, 0.15) is 16.5 Å². The summed E-state index contributed by atoms with van der Waals surface area (Å²) in [6, 6.07) is 1.80. The Morgan fingerprint density at radius 2 is 1.62 bits per heavy atom. The second-order valence-corrected chi connectivity index (χ2v) is 5.34. The van der Waals surface area contributed by atoms with E-state index in [-0.39, 0.29) is 4.47 Å². The fourth-order valence-corrected chi connectivity index (χ4v) is 2.11. The normalized spacial score (nSPS) is 11.7. The van der Waals surface area contributed by atoms with Crippen molar-refractivity contribution in [2.45, 2.75) is 4.90 Å². The van der Waals surface area contributed by atoms with E-state index in [1.165, 1.54) is 0 Å². The van der Waals surface area contributed by atoms with Crippen LogP contribution in [0.5, 0.6) is 0 Å². The minimum absolute atomic E-state index is 0.162. The average Bonchev–Trinajstić information content (AvgIpc) is 1.78. The van der Waals surface area contributed by atoms with Crippen molar-refractivity contribution in [2.75, 3.05) is 6.26 Å². The molecule has 72 valence electrons. The van der Waals surface area contributed by atoms with Crippen molar-refractivity contribution in [3.63, 3.8) is 0 Å². The van der Waals surface area contributed by atoms with Crippen LogP contribution in [-0.2, 0) is 9.84 Å². The molecule has 13 heavy (non-hydrogen) atoms. The zero-order chi connectivity index (χ0) is 10.2. The van der Waals surface area contributed by atoms with Gasteiger partial charge in [-0.2, -0.15) is 0 Å². The summed E-state index contributed by atoms with van der Waals surface area (Å²) in [6.45, 7) is 0. The maximum Gasteiger partial charge on any atom is 0.181 e. The summed E-state index contributed by atoms with van der Waals surface area (Å²) in [6.07, 6.45) is 0.752. The van der Waals surface area contributed by atoms with Crippen LogP contribution in [0.25, 0.3) is 0 Å². The third-order valence-electron chi connectivity index (χ3n) is 1.33. The topological polar surface area (TPSA) is 34.1 Å². The van der Waals surface area contributed by atoms with Crippen molar-refractivity contribution in [3.8, 4) is 0 Å². The van der Waals surface area contributed by atoms with E-state index in [0.717, 1.165) is 18.4 Å². The number of halogens is 3. The van der Waals surface area contributed by atoms with Crippen LogP contribution in [0, 0.1) is 11.6 Å². The molecule has 2 nitrogen and oxygen atoms in total. The van der Waals surface area contributed by atoms with E-state index in [0.29, 0.717) is 0 Å². The number of rotatable bonds is 1. The van der Waals surface area contributed by atoms with Crippen molar-refractivity contribution < 1.29 is 17.2 Å². The Labute approximate surface area is 82.6 Å². The van der Waals surface area contributed by atoms with Crippen LogP contribution in [0.3, 0.4) is 0 Å². The Balaban J connectivity index is 3.57. The van der Waals surface area contributed by atoms with Crippen LogP contribution < -0.4 is 0 Å². The van der Waals surface area contributed by atoms with Gasteiger partial charge in [0.15, 0.2) is 9.84 Å². The molecule has 0 heterocycles. The maximum absolute atomic E-state index is 13.0. The fraction of sp³-hybridized carbons (Fsp3) is 0.143. The van der Waals surface area contributed by atoms with Gasteiger partial charge in [0, 0.05) is 10.7 Å². The molecule has 6 heteroatoms. The lowest BCUT2D eigenvalue weighted by molar-refractivity contribution is 0.520. The van der Waals surface area contributed by atoms with Gasteiger partial charge < -0.3 is 0 Å². The summed E-state index contributed by atoms with van der Waals surface area (Å²) >= 11 is 2.84. The van der Waals surface area contributed by atoms with Crippen molar-refractivity contribution in [1.29, 1.82) is 0 Å². The molecular formula is C7H5BrF2O2S. The van der Waals surface area contributed by atoms with E-state index < -0.39 is 26.4 Å². The molecule has 1 aromatic rings. The largest absolute Gasteiger partial charge is 0.224 e. The van der Waals surface area contributed by atoms with Crippen LogP contribution in [0.4, 0.5) is 8.78 Å². The Morgan fingerprint density at radius 1 is 1.23 bits per heavy atom. The minimum atomic E-state index is -3.85. The highest BCUT2D eigenvalue weighted by Gasteiger charge is 2.19. The first-order chi connectivity index (χ1) is 5.82. The summed E-state index contributed by atoms with van der Waals surface area (Å²) in [5.41, 5.74) is 0. The monoisotopic (exact) mass is 270 g/mol. The predicted octanol–water partition coefficient (Wildman–Crippen LogP) is 2.13. The third kappa shape index (κ3) is 2.25. The molecule has 0 fully saturated rings. The van der Waals surface area contributed by atoms with Gasteiger partial charge in [-0.05, 0) is 12.1 Å². The molecule has 0 unspecified atom stereocenters. The minimum Gasteiger partial charge on any atom is -0.224 e. The lowest BCUT2D eigenvalue weighted by Crippen LogP contribution is -2.04. The maximum atomic E-state index is 13.0. The third-order valence-corrected chi connectivity index (χ3v) is 2.92.